The summed E-state index contributed by atoms with van der Waals surface area (Å²) in [4.78, 5) is 42.8. The zero-order chi connectivity index (χ0) is 25.9. The fourth-order valence-corrected chi connectivity index (χ4v) is 5.03. The molecule has 2 heterocycles. The van der Waals surface area contributed by atoms with Crippen LogP contribution >= 0.6 is 11.3 Å². The maximum absolute atomic E-state index is 13.5. The van der Waals surface area contributed by atoms with E-state index in [4.69, 9.17) is 0 Å². The lowest BCUT2D eigenvalue weighted by atomic mass is 10.0. The minimum Gasteiger partial charge on any atom is -0.326 e. The van der Waals surface area contributed by atoms with E-state index in [1.807, 2.05) is 47.8 Å². The Balaban J connectivity index is 1.41. The molecule has 0 bridgehead atoms. The molecule has 8 heteroatoms. The van der Waals surface area contributed by atoms with Crippen molar-refractivity contribution >= 4 is 44.7 Å². The largest absolute Gasteiger partial charge is 0.326 e. The van der Waals surface area contributed by atoms with Crippen molar-refractivity contribution in [1.82, 2.24) is 9.55 Å². The Morgan fingerprint density at radius 1 is 0.838 bits per heavy atom. The molecule has 1 unspecified atom stereocenters. The van der Waals surface area contributed by atoms with Gasteiger partial charge in [-0.2, -0.15) is 0 Å². The molecule has 0 radical (unpaired) electrons. The Morgan fingerprint density at radius 2 is 1.43 bits per heavy atom. The van der Waals surface area contributed by atoms with Crippen LogP contribution in [0.2, 0.25) is 0 Å². The van der Waals surface area contributed by atoms with Crippen LogP contribution in [0.1, 0.15) is 19.9 Å². The van der Waals surface area contributed by atoms with Gasteiger partial charge in [0.25, 0.3) is 5.56 Å². The molecule has 2 amide bonds. The van der Waals surface area contributed by atoms with Gasteiger partial charge in [-0.15, -0.1) is 11.3 Å². The molecule has 184 valence electrons. The number of fused-ring (bicyclic) bond motifs is 1. The molecule has 5 rings (SSSR count). The molecule has 0 aliphatic heterocycles. The van der Waals surface area contributed by atoms with Crippen molar-refractivity contribution in [3.05, 3.63) is 101 Å². The van der Waals surface area contributed by atoms with Crippen molar-refractivity contribution in [3.8, 4) is 22.3 Å². The smallest absolute Gasteiger partial charge is 0.263 e. The fraction of sp³-hybridized carbons (Fsp3) is 0.103. The Kier molecular flexibility index (Phi) is 6.66. The number of anilines is 2. The fourth-order valence-electron chi connectivity index (χ4n) is 4.12. The van der Waals surface area contributed by atoms with E-state index in [0.717, 1.165) is 22.3 Å². The molecule has 7 nitrogen and oxygen atoms in total. The van der Waals surface area contributed by atoms with Crippen LogP contribution in [0.25, 0.3) is 32.5 Å². The second-order valence-electron chi connectivity index (χ2n) is 8.65. The Hall–Kier alpha value is -4.56. The van der Waals surface area contributed by atoms with Crippen molar-refractivity contribution in [2.75, 3.05) is 10.6 Å². The molecule has 0 fully saturated rings. The summed E-state index contributed by atoms with van der Waals surface area (Å²) >= 11 is 1.41. The van der Waals surface area contributed by atoms with E-state index in [1.54, 1.807) is 31.2 Å². The Morgan fingerprint density at radius 3 is 2.08 bits per heavy atom. The maximum atomic E-state index is 13.5. The number of hydrogen-bond acceptors (Lipinski definition) is 5. The molecular weight excluding hydrogens is 484 g/mol. The van der Waals surface area contributed by atoms with Crippen LogP contribution in [0.3, 0.4) is 0 Å². The minimum absolute atomic E-state index is 0.174. The summed E-state index contributed by atoms with van der Waals surface area (Å²) < 4.78 is 1.36. The van der Waals surface area contributed by atoms with E-state index in [1.165, 1.54) is 29.2 Å². The van der Waals surface area contributed by atoms with Crippen LogP contribution in [-0.2, 0) is 9.59 Å². The van der Waals surface area contributed by atoms with Gasteiger partial charge in [-0.3, -0.25) is 19.0 Å². The van der Waals surface area contributed by atoms with Crippen LogP contribution in [-0.4, -0.2) is 21.4 Å². The zero-order valence-corrected chi connectivity index (χ0v) is 21.1. The normalized spacial score (nSPS) is 11.7. The SMILES string of the molecule is CC(=O)Nc1ccc(NC(=O)C(C)n2cnc3scc(-c4ccc(-c5ccccc5)cc4)c3c2=O)cc1. The van der Waals surface area contributed by atoms with Gasteiger partial charge in [0.15, 0.2) is 0 Å². The third-order valence-electron chi connectivity index (χ3n) is 6.09. The van der Waals surface area contributed by atoms with Crippen molar-refractivity contribution in [3.63, 3.8) is 0 Å². The lowest BCUT2D eigenvalue weighted by Gasteiger charge is -2.15. The number of benzene rings is 3. The number of aromatic nitrogens is 2. The molecule has 0 saturated heterocycles. The van der Waals surface area contributed by atoms with E-state index in [0.29, 0.717) is 21.6 Å². The molecule has 1 atom stereocenters. The maximum Gasteiger partial charge on any atom is 0.263 e. The first-order valence-electron chi connectivity index (χ1n) is 11.7. The van der Waals surface area contributed by atoms with Crippen LogP contribution in [0.4, 0.5) is 11.4 Å². The number of hydrogen-bond donors (Lipinski definition) is 2. The molecule has 2 N–H and O–H groups in total. The summed E-state index contributed by atoms with van der Waals surface area (Å²) in [6.07, 6.45) is 1.42. The van der Waals surface area contributed by atoms with Crippen molar-refractivity contribution < 1.29 is 9.59 Å². The highest BCUT2D eigenvalue weighted by atomic mass is 32.1. The first kappa shape index (κ1) is 24.1. The van der Waals surface area contributed by atoms with Gasteiger partial charge in [0, 0.05) is 29.2 Å². The van der Waals surface area contributed by atoms with Crippen molar-refractivity contribution in [1.29, 1.82) is 0 Å². The van der Waals surface area contributed by atoms with E-state index < -0.39 is 6.04 Å². The number of thiophene rings is 1. The number of nitrogens with zero attached hydrogens (tertiary/aromatic N) is 2. The topological polar surface area (TPSA) is 93.1 Å². The quantitative estimate of drug-likeness (QED) is 0.296. The molecule has 37 heavy (non-hydrogen) atoms. The summed E-state index contributed by atoms with van der Waals surface area (Å²) in [5.74, 6) is -0.521. The molecule has 0 saturated carbocycles. The number of amides is 2. The van der Waals surface area contributed by atoms with E-state index >= 15 is 0 Å². The molecule has 3 aromatic carbocycles. The molecule has 0 spiro atoms. The number of carbonyl (C=O) groups excluding carboxylic acids is 2. The van der Waals surface area contributed by atoms with Gasteiger partial charge in [-0.25, -0.2) is 4.98 Å². The lowest BCUT2D eigenvalue weighted by Crippen LogP contribution is -2.31. The highest BCUT2D eigenvalue weighted by Crippen LogP contribution is 2.32. The third kappa shape index (κ3) is 5.05. The first-order valence-corrected chi connectivity index (χ1v) is 12.6. The molecule has 0 aliphatic carbocycles. The first-order chi connectivity index (χ1) is 17.9. The highest BCUT2D eigenvalue weighted by molar-refractivity contribution is 7.17. The van der Waals surface area contributed by atoms with Crippen LogP contribution in [0.15, 0.2) is 95.4 Å². The van der Waals surface area contributed by atoms with Crippen LogP contribution in [0, 0.1) is 0 Å². The average molecular weight is 509 g/mol. The van der Waals surface area contributed by atoms with Gasteiger partial charge in [0.05, 0.1) is 11.7 Å². The zero-order valence-electron chi connectivity index (χ0n) is 20.3. The number of nitrogens with one attached hydrogen (secondary N) is 2. The number of rotatable bonds is 6. The van der Waals surface area contributed by atoms with E-state index in [2.05, 4.69) is 27.8 Å². The van der Waals surface area contributed by atoms with Crippen molar-refractivity contribution in [2.45, 2.75) is 19.9 Å². The van der Waals surface area contributed by atoms with Crippen LogP contribution in [0.5, 0.6) is 0 Å². The van der Waals surface area contributed by atoms with Gasteiger partial charge < -0.3 is 10.6 Å². The molecule has 2 aromatic heterocycles. The summed E-state index contributed by atoms with van der Waals surface area (Å²) in [7, 11) is 0. The summed E-state index contributed by atoms with van der Waals surface area (Å²) in [6.45, 7) is 3.09. The monoisotopic (exact) mass is 508 g/mol. The van der Waals surface area contributed by atoms with Gasteiger partial charge >= 0.3 is 0 Å². The van der Waals surface area contributed by atoms with Crippen molar-refractivity contribution in [2.24, 2.45) is 0 Å². The van der Waals surface area contributed by atoms with Gasteiger partial charge in [-0.05, 0) is 47.9 Å². The van der Waals surface area contributed by atoms with Crippen LogP contribution < -0.4 is 16.2 Å². The Labute approximate surface area is 217 Å². The average Bonchev–Trinajstić information content (AvgIpc) is 3.35. The second kappa shape index (κ2) is 10.2. The minimum atomic E-state index is -0.785. The van der Waals surface area contributed by atoms with Gasteiger partial charge in [0.2, 0.25) is 11.8 Å². The summed E-state index contributed by atoms with van der Waals surface area (Å²) in [6, 6.07) is 24.2. The molecular formula is C29H24N4O3S. The predicted molar refractivity (Wildman–Crippen MR) is 149 cm³/mol. The lowest BCUT2D eigenvalue weighted by molar-refractivity contribution is -0.119. The Bertz CT molecular complexity index is 1640. The van der Waals surface area contributed by atoms with Gasteiger partial charge in [-0.1, -0.05) is 54.6 Å². The summed E-state index contributed by atoms with van der Waals surface area (Å²) in [5, 5.41) is 7.94. The predicted octanol–water partition coefficient (Wildman–Crippen LogP) is 5.95. The van der Waals surface area contributed by atoms with E-state index in [-0.39, 0.29) is 17.4 Å². The molecule has 0 aliphatic rings. The van der Waals surface area contributed by atoms with E-state index in [9.17, 15) is 14.4 Å². The van der Waals surface area contributed by atoms with Gasteiger partial charge in [0.1, 0.15) is 10.9 Å². The number of carbonyl (C=O) groups is 2. The summed E-state index contributed by atoms with van der Waals surface area (Å²) in [5.41, 5.74) is 4.85. The highest BCUT2D eigenvalue weighted by Gasteiger charge is 2.20. The standard InChI is InChI=1S/C29H24N4O3S/c1-18(27(35)32-24-14-12-23(13-15-24)31-19(2)34)33-17-30-28-26(29(33)36)25(16-37-28)22-10-8-21(9-11-22)20-6-4-3-5-7-20/h3-18H,1-2H3,(H,31,34)(H,32,35). The molecule has 5 aromatic rings. The third-order valence-corrected chi connectivity index (χ3v) is 6.98. The second-order valence-corrected chi connectivity index (χ2v) is 9.51.